The molecule has 316 valence electrons. The molecule has 0 aliphatic carbocycles. The first-order chi connectivity index (χ1) is 26.5. The Morgan fingerprint density at radius 2 is 1.37 bits per heavy atom. The Bertz CT molecular complexity index is 2380. The molecule has 29 nitrogen and oxygen atoms in total. The van der Waals surface area contributed by atoms with E-state index in [0.29, 0.717) is 0 Å². The van der Waals surface area contributed by atoms with Crippen molar-refractivity contribution in [3.05, 3.63) is 33.4 Å². The van der Waals surface area contributed by atoms with Crippen LogP contribution in [0.3, 0.4) is 0 Å². The van der Waals surface area contributed by atoms with Gasteiger partial charge in [0.1, 0.15) is 30.5 Å². The van der Waals surface area contributed by atoms with Crippen molar-refractivity contribution in [2.45, 2.75) is 56.0 Å². The van der Waals surface area contributed by atoms with Crippen LogP contribution in [0.25, 0.3) is 22.3 Å². The second kappa shape index (κ2) is 16.2. The fourth-order valence-electron chi connectivity index (χ4n) is 6.15. The molecule has 11 atom stereocenters. The summed E-state index contributed by atoms with van der Waals surface area (Å²) >= 11 is 0. The molecule has 0 spiro atoms. The summed E-state index contributed by atoms with van der Waals surface area (Å²) in [7, 11) is -14.1. The molecule has 57 heavy (non-hydrogen) atoms. The summed E-state index contributed by atoms with van der Waals surface area (Å²) < 4.78 is 76.3. The highest BCUT2D eigenvalue weighted by Gasteiger charge is 2.48. The van der Waals surface area contributed by atoms with Crippen LogP contribution in [0.1, 0.15) is 19.4 Å². The van der Waals surface area contributed by atoms with Gasteiger partial charge >= 0.3 is 34.8 Å². The number of hydrogen-bond donors (Lipinski definition) is 12. The van der Waals surface area contributed by atoms with E-state index in [0.717, 1.165) is 4.57 Å². The molecule has 0 saturated carbocycles. The summed E-state index contributed by atoms with van der Waals surface area (Å²) in [5.74, 6) is -1.14. The largest absolute Gasteiger partial charge is 0.472 e. The zero-order valence-corrected chi connectivity index (χ0v) is 32.1. The van der Waals surface area contributed by atoms with Gasteiger partial charge in [-0.05, 0) is 0 Å². The number of nitrogens with zero attached hydrogens (tertiary/aromatic N) is 5. The van der Waals surface area contributed by atoms with Crippen molar-refractivity contribution in [1.82, 2.24) is 29.5 Å². The van der Waals surface area contributed by atoms with Gasteiger partial charge in [0.25, 0.3) is 23.0 Å². The first-order valence-electron chi connectivity index (χ1n) is 16.4. The molecular formula is C25H39N10O19P3+2. The van der Waals surface area contributed by atoms with Crippen LogP contribution >= 0.6 is 23.5 Å². The summed E-state index contributed by atoms with van der Waals surface area (Å²) in [4.78, 5) is 79.1. The van der Waals surface area contributed by atoms with Gasteiger partial charge in [0.15, 0.2) is 18.9 Å². The number of anilines is 2. The number of hydrogen-bond acceptors (Lipinski definition) is 19. The van der Waals surface area contributed by atoms with Crippen molar-refractivity contribution in [2.75, 3.05) is 37.9 Å². The van der Waals surface area contributed by atoms with Crippen LogP contribution in [0, 0.1) is 5.92 Å². The number of H-pyrrole nitrogens is 3. The van der Waals surface area contributed by atoms with Crippen molar-refractivity contribution in [1.29, 1.82) is 0 Å². The third-order valence-corrected chi connectivity index (χ3v) is 11.3. The molecule has 0 bridgehead atoms. The molecule has 0 amide bonds. The second-order valence-electron chi connectivity index (χ2n) is 12.9. The lowest BCUT2D eigenvalue weighted by molar-refractivity contribution is -0.745. The highest BCUT2D eigenvalue weighted by Crippen LogP contribution is 2.48. The Balaban J connectivity index is 1.02. The molecule has 6 rings (SSSR count). The number of ether oxygens (including phenoxy) is 2. The topological polar surface area (TPSA) is 429 Å². The Hall–Kier alpha value is -3.57. The molecule has 2 saturated heterocycles. The average Bonchev–Trinajstić information content (AvgIpc) is 3.83. The fourth-order valence-corrected chi connectivity index (χ4v) is 8.19. The highest BCUT2D eigenvalue weighted by molar-refractivity contribution is 7.47. The van der Waals surface area contributed by atoms with Crippen LogP contribution in [0.4, 0.5) is 11.9 Å². The molecule has 0 aromatic carbocycles. The van der Waals surface area contributed by atoms with Gasteiger partial charge in [-0.3, -0.25) is 51.7 Å². The van der Waals surface area contributed by atoms with E-state index in [9.17, 15) is 58.2 Å². The predicted molar refractivity (Wildman–Crippen MR) is 183 cm³/mol. The van der Waals surface area contributed by atoms with E-state index >= 15 is 0 Å². The number of fused-ring (bicyclic) bond motifs is 2. The monoisotopic (exact) mass is 876 g/mol. The number of aryl methyl sites for hydroxylation is 1. The molecule has 2 aliphatic rings. The minimum atomic E-state index is -5.39. The Kier molecular flexibility index (Phi) is 12.3. The molecule has 0 radical (unpaired) electrons. The van der Waals surface area contributed by atoms with E-state index in [1.165, 1.54) is 21.8 Å². The molecule has 32 heteroatoms. The molecular weight excluding hydrogens is 837 g/mol. The van der Waals surface area contributed by atoms with E-state index in [1.807, 2.05) is 0 Å². The second-order valence-corrected chi connectivity index (χ2v) is 17.0. The summed E-state index contributed by atoms with van der Waals surface area (Å²) in [6.07, 6.45) is -9.14. The first-order valence-corrected chi connectivity index (χ1v) is 20.9. The number of aliphatic hydroxyl groups is 3. The summed E-state index contributed by atoms with van der Waals surface area (Å²) in [6, 6.07) is 0. The summed E-state index contributed by atoms with van der Waals surface area (Å²) in [5.41, 5.74) is 10.3. The van der Waals surface area contributed by atoms with Gasteiger partial charge in [-0.1, -0.05) is 16.9 Å². The lowest BCUT2D eigenvalue weighted by atomic mass is 10.0. The number of nitrogens with one attached hydrogen (secondary N) is 3. The van der Waals surface area contributed by atoms with Crippen LogP contribution in [-0.4, -0.2) is 127 Å². The van der Waals surface area contributed by atoms with Gasteiger partial charge in [-0.15, -0.1) is 0 Å². The minimum Gasteiger partial charge on any atom is -0.390 e. The average molecular weight is 877 g/mol. The normalized spacial score (nSPS) is 28.2. The van der Waals surface area contributed by atoms with Crippen LogP contribution in [0.2, 0.25) is 0 Å². The van der Waals surface area contributed by atoms with Crippen LogP contribution in [0.15, 0.2) is 22.2 Å². The maximum absolute atomic E-state index is 12.8. The van der Waals surface area contributed by atoms with Crippen molar-refractivity contribution in [3.8, 4) is 0 Å². The maximum atomic E-state index is 12.8. The number of phosphoric ester groups is 3. The molecule has 4 aromatic rings. The maximum Gasteiger partial charge on any atom is 0.472 e. The Labute approximate surface area is 317 Å². The van der Waals surface area contributed by atoms with E-state index in [1.54, 1.807) is 14.0 Å². The van der Waals surface area contributed by atoms with Gasteiger partial charge < -0.3 is 55.8 Å². The molecule has 2 fully saturated rings. The van der Waals surface area contributed by atoms with E-state index in [-0.39, 0.29) is 34.2 Å². The minimum absolute atomic E-state index is 0.0472. The first kappa shape index (κ1) is 43.0. The van der Waals surface area contributed by atoms with Crippen molar-refractivity contribution >= 4 is 57.7 Å². The predicted octanol–water partition coefficient (Wildman–Crippen LogP) is -4.48. The highest BCUT2D eigenvalue weighted by atomic mass is 31.2. The quantitative estimate of drug-likeness (QED) is 0.0373. The van der Waals surface area contributed by atoms with Crippen molar-refractivity contribution in [2.24, 2.45) is 13.0 Å². The van der Waals surface area contributed by atoms with Crippen LogP contribution in [-0.2, 0) is 52.8 Å². The van der Waals surface area contributed by atoms with Gasteiger partial charge in [0.05, 0.1) is 39.6 Å². The summed E-state index contributed by atoms with van der Waals surface area (Å²) in [5, 5.41) is 32.0. The summed E-state index contributed by atoms with van der Waals surface area (Å²) in [6.45, 7) is -2.45. The number of rotatable bonds is 16. The molecule has 14 N–H and O–H groups in total. The van der Waals surface area contributed by atoms with Crippen molar-refractivity contribution < 1.29 is 89.8 Å². The Morgan fingerprint density at radius 3 is 1.96 bits per heavy atom. The van der Waals surface area contributed by atoms with Gasteiger partial charge in [0, 0.05) is 5.92 Å². The molecule has 4 aromatic heterocycles. The van der Waals surface area contributed by atoms with E-state index < -0.39 is 116 Å². The van der Waals surface area contributed by atoms with Crippen LogP contribution in [0.5, 0.6) is 0 Å². The van der Waals surface area contributed by atoms with Crippen LogP contribution < -0.4 is 31.7 Å². The van der Waals surface area contributed by atoms with E-state index in [2.05, 4.69) is 29.4 Å². The van der Waals surface area contributed by atoms with Crippen molar-refractivity contribution in [3.63, 3.8) is 0 Å². The number of aromatic amines is 3. The van der Waals surface area contributed by atoms with Gasteiger partial charge in [-0.25, -0.2) is 22.8 Å². The zero-order chi connectivity index (χ0) is 41.8. The number of nitrogen functional groups attached to an aromatic ring is 2. The van der Waals surface area contributed by atoms with Gasteiger partial charge in [-0.2, -0.15) is 0 Å². The smallest absolute Gasteiger partial charge is 0.390 e. The standard InChI is InChI=1S/C25H37N10O19P3/c1-9-15(36)11(52-22(9)35-8-33(2)14-19(35)30-25(27)32-21(14)40)5-50-56(44,45)48-3-10(54-55(41,42)43)4-49-57(46,47)51-6-12-16(37)17(38)23(53-12)34-7-28-13-18(34)29-24(26)31-20(13)39/h7-12,15-17,22-23,36-38H,3-6H2,1-2H3,(H9-,26,27,29,30,31,32,39,40,41,42,43,44,45,46,47)/p+2/t9-,10?,11-,12?,15+,16-,17-,22?,23-/m1/s1. The number of nitrogens with two attached hydrogens (primary N) is 2. The zero-order valence-electron chi connectivity index (χ0n) is 29.4. The molecule has 6 heterocycles. The third-order valence-electron chi connectivity index (χ3n) is 8.81. The SMILES string of the molecule is C[C@H]1C([n+]2cn(C)c3c(=O)[nH]c(N)nc32)O[C@H](COP(=O)(O)OCC(COP(=O)(O)OCC2O[C@@H]([n+]3c[nH]c4c(=O)[nH]c(N)nc43)[C@H](O)[C@@H]2O)OP(=O)(O)O)[C@H]1O. The lowest BCUT2D eigenvalue weighted by Crippen LogP contribution is -2.46. The van der Waals surface area contributed by atoms with Gasteiger partial charge in [0.2, 0.25) is 17.3 Å². The third kappa shape index (κ3) is 9.51. The number of phosphoric acid groups is 3. The number of aliphatic hydroxyl groups excluding tert-OH is 3. The molecule has 2 aliphatic heterocycles. The van der Waals surface area contributed by atoms with E-state index in [4.69, 9.17) is 39.0 Å². The number of aromatic nitrogens is 8. The molecule has 5 unspecified atom stereocenters. The number of imidazole rings is 2. The fraction of sp³-hybridized carbons (Fsp3) is 0.600. The lowest BCUT2D eigenvalue weighted by Gasteiger charge is -2.22. The Morgan fingerprint density at radius 1 is 0.825 bits per heavy atom.